The normalized spacial score (nSPS) is 20.2. The lowest BCUT2D eigenvalue weighted by Gasteiger charge is -2.31. The maximum Gasteiger partial charge on any atom is 0.227 e. The molecule has 0 radical (unpaired) electrons. The summed E-state index contributed by atoms with van der Waals surface area (Å²) >= 11 is 0. The lowest BCUT2D eigenvalue weighted by atomic mass is 9.88. The van der Waals surface area contributed by atoms with Gasteiger partial charge in [0.15, 0.2) is 0 Å². The van der Waals surface area contributed by atoms with Gasteiger partial charge in [-0.25, -0.2) is 4.39 Å². The molecule has 1 aromatic carbocycles. The van der Waals surface area contributed by atoms with Gasteiger partial charge in [-0.3, -0.25) is 4.79 Å². The Kier molecular flexibility index (Phi) is 4.10. The standard InChI is InChI=1S/C16H22FN3O/c1-11(12-9-18-10-12)16(21)19-13-4-5-15(14(17)8-13)20-6-2-3-7-20/h4-5,8,11-12,18H,2-3,6-7,9-10H2,1H3,(H,19,21). The van der Waals surface area contributed by atoms with Crippen LogP contribution in [0, 0.1) is 17.7 Å². The van der Waals surface area contributed by atoms with Gasteiger partial charge in [-0.1, -0.05) is 6.92 Å². The first-order valence-electron chi connectivity index (χ1n) is 7.71. The Hall–Kier alpha value is -1.62. The molecule has 0 bridgehead atoms. The maximum absolute atomic E-state index is 14.2. The summed E-state index contributed by atoms with van der Waals surface area (Å²) in [6.07, 6.45) is 2.23. The first-order chi connectivity index (χ1) is 10.1. The highest BCUT2D eigenvalue weighted by molar-refractivity contribution is 5.92. The molecule has 2 aliphatic heterocycles. The number of anilines is 2. The molecule has 3 rings (SSSR count). The van der Waals surface area contributed by atoms with Gasteiger partial charge in [-0.15, -0.1) is 0 Å². The van der Waals surface area contributed by atoms with Crippen LogP contribution in [0.3, 0.4) is 0 Å². The molecule has 2 aliphatic rings. The van der Waals surface area contributed by atoms with Crippen LogP contribution < -0.4 is 15.5 Å². The molecule has 1 aromatic rings. The minimum atomic E-state index is -0.257. The van der Waals surface area contributed by atoms with Gasteiger partial charge in [0.1, 0.15) is 5.82 Å². The van der Waals surface area contributed by atoms with Crippen molar-refractivity contribution in [3.05, 3.63) is 24.0 Å². The molecule has 0 spiro atoms. The number of rotatable bonds is 4. The van der Waals surface area contributed by atoms with E-state index in [1.165, 1.54) is 6.07 Å². The molecular weight excluding hydrogens is 269 g/mol. The van der Waals surface area contributed by atoms with Crippen LogP contribution in [0.5, 0.6) is 0 Å². The fourth-order valence-corrected chi connectivity index (χ4v) is 2.93. The lowest BCUT2D eigenvalue weighted by Crippen LogP contribution is -2.48. The van der Waals surface area contributed by atoms with Crippen molar-refractivity contribution < 1.29 is 9.18 Å². The zero-order chi connectivity index (χ0) is 14.8. The molecule has 21 heavy (non-hydrogen) atoms. The highest BCUT2D eigenvalue weighted by Crippen LogP contribution is 2.26. The van der Waals surface area contributed by atoms with Crippen molar-refractivity contribution in [3.8, 4) is 0 Å². The molecule has 0 aromatic heterocycles. The average Bonchev–Trinajstić information content (AvgIpc) is 2.90. The Morgan fingerprint density at radius 2 is 2.10 bits per heavy atom. The number of nitrogens with one attached hydrogen (secondary N) is 2. The zero-order valence-corrected chi connectivity index (χ0v) is 12.4. The molecule has 2 N–H and O–H groups in total. The van der Waals surface area contributed by atoms with Crippen molar-refractivity contribution in [3.63, 3.8) is 0 Å². The third-order valence-electron chi connectivity index (χ3n) is 4.60. The summed E-state index contributed by atoms with van der Waals surface area (Å²) in [5, 5.41) is 5.99. The van der Waals surface area contributed by atoms with E-state index in [0.717, 1.165) is 39.0 Å². The maximum atomic E-state index is 14.2. The number of hydrogen-bond acceptors (Lipinski definition) is 3. The fraction of sp³-hybridized carbons (Fsp3) is 0.562. The Morgan fingerprint density at radius 1 is 1.38 bits per heavy atom. The van der Waals surface area contributed by atoms with Crippen LogP contribution in [0.25, 0.3) is 0 Å². The number of carbonyl (C=O) groups is 1. The van der Waals surface area contributed by atoms with Gasteiger partial charge in [0.2, 0.25) is 5.91 Å². The third-order valence-corrected chi connectivity index (χ3v) is 4.60. The number of nitrogens with zero attached hydrogens (tertiary/aromatic N) is 1. The highest BCUT2D eigenvalue weighted by Gasteiger charge is 2.28. The molecule has 2 saturated heterocycles. The van der Waals surface area contributed by atoms with Gasteiger partial charge >= 0.3 is 0 Å². The molecule has 1 unspecified atom stereocenters. The second-order valence-electron chi connectivity index (χ2n) is 6.06. The summed E-state index contributed by atoms with van der Waals surface area (Å²) in [5.41, 5.74) is 1.18. The van der Waals surface area contributed by atoms with Crippen molar-refractivity contribution in [2.75, 3.05) is 36.4 Å². The van der Waals surface area contributed by atoms with E-state index < -0.39 is 0 Å². The minimum absolute atomic E-state index is 0.0326. The second-order valence-corrected chi connectivity index (χ2v) is 6.06. The average molecular weight is 291 g/mol. The molecule has 2 heterocycles. The smallest absolute Gasteiger partial charge is 0.227 e. The molecule has 4 nitrogen and oxygen atoms in total. The van der Waals surface area contributed by atoms with Gasteiger partial charge < -0.3 is 15.5 Å². The first kappa shape index (κ1) is 14.3. The van der Waals surface area contributed by atoms with E-state index in [4.69, 9.17) is 0 Å². The van der Waals surface area contributed by atoms with Crippen LogP contribution in [-0.4, -0.2) is 32.1 Å². The van der Waals surface area contributed by atoms with Gasteiger partial charge in [-0.2, -0.15) is 0 Å². The van der Waals surface area contributed by atoms with Crippen molar-refractivity contribution in [1.82, 2.24) is 5.32 Å². The van der Waals surface area contributed by atoms with Crippen LogP contribution in [0.1, 0.15) is 19.8 Å². The van der Waals surface area contributed by atoms with Crippen LogP contribution >= 0.6 is 0 Å². The molecule has 2 fully saturated rings. The molecular formula is C16H22FN3O. The Bertz CT molecular complexity index is 524. The Morgan fingerprint density at radius 3 is 2.67 bits per heavy atom. The fourth-order valence-electron chi connectivity index (χ4n) is 2.93. The van der Waals surface area contributed by atoms with Gasteiger partial charge in [0.05, 0.1) is 5.69 Å². The summed E-state index contributed by atoms with van der Waals surface area (Å²) in [5.74, 6) is 0.0498. The molecule has 114 valence electrons. The van der Waals surface area contributed by atoms with Crippen LogP contribution in [0.2, 0.25) is 0 Å². The van der Waals surface area contributed by atoms with Crippen LogP contribution in [0.4, 0.5) is 15.8 Å². The molecule has 1 atom stereocenters. The third kappa shape index (κ3) is 3.02. The van der Waals surface area contributed by atoms with Crippen molar-refractivity contribution in [1.29, 1.82) is 0 Å². The van der Waals surface area contributed by atoms with E-state index >= 15 is 0 Å². The molecule has 0 aliphatic carbocycles. The molecule has 5 heteroatoms. The summed E-state index contributed by atoms with van der Waals surface area (Å²) in [6.45, 7) is 5.52. The Balaban J connectivity index is 1.65. The number of amides is 1. The lowest BCUT2D eigenvalue weighted by molar-refractivity contribution is -0.121. The van der Waals surface area contributed by atoms with Crippen molar-refractivity contribution >= 4 is 17.3 Å². The van der Waals surface area contributed by atoms with Gasteiger partial charge in [0.25, 0.3) is 0 Å². The summed E-state index contributed by atoms with van der Waals surface area (Å²) in [6, 6.07) is 4.99. The summed E-state index contributed by atoms with van der Waals surface area (Å²) in [4.78, 5) is 14.2. The first-order valence-corrected chi connectivity index (χ1v) is 7.71. The van der Waals surface area contributed by atoms with E-state index in [-0.39, 0.29) is 17.6 Å². The summed E-state index contributed by atoms with van der Waals surface area (Å²) in [7, 11) is 0. The largest absolute Gasteiger partial charge is 0.369 e. The van der Waals surface area contributed by atoms with Crippen molar-refractivity contribution in [2.45, 2.75) is 19.8 Å². The topological polar surface area (TPSA) is 44.4 Å². The number of hydrogen-bond donors (Lipinski definition) is 2. The van der Waals surface area contributed by atoms with Crippen LogP contribution in [0.15, 0.2) is 18.2 Å². The van der Waals surface area contributed by atoms with E-state index in [1.54, 1.807) is 12.1 Å². The number of carbonyl (C=O) groups excluding carboxylic acids is 1. The van der Waals surface area contributed by atoms with E-state index in [1.807, 2.05) is 6.92 Å². The van der Waals surface area contributed by atoms with E-state index in [0.29, 0.717) is 17.3 Å². The monoisotopic (exact) mass is 291 g/mol. The second kappa shape index (κ2) is 6.02. The SMILES string of the molecule is CC(C(=O)Nc1ccc(N2CCCC2)c(F)c1)C1CNC1. The van der Waals surface area contributed by atoms with Crippen LogP contribution in [-0.2, 0) is 4.79 Å². The minimum Gasteiger partial charge on any atom is -0.369 e. The predicted molar refractivity (Wildman–Crippen MR) is 82.0 cm³/mol. The highest BCUT2D eigenvalue weighted by atomic mass is 19.1. The quantitative estimate of drug-likeness (QED) is 0.894. The zero-order valence-electron chi connectivity index (χ0n) is 12.4. The predicted octanol–water partition coefficient (Wildman–Crippen LogP) is 2.22. The summed E-state index contributed by atoms with van der Waals surface area (Å²) < 4.78 is 14.2. The number of halogens is 1. The Labute approximate surface area is 124 Å². The molecule has 1 amide bonds. The number of benzene rings is 1. The molecule has 0 saturated carbocycles. The van der Waals surface area contributed by atoms with Crippen molar-refractivity contribution in [2.24, 2.45) is 11.8 Å². The van der Waals surface area contributed by atoms with E-state index in [2.05, 4.69) is 15.5 Å². The van der Waals surface area contributed by atoms with Gasteiger partial charge in [-0.05, 0) is 50.0 Å². The van der Waals surface area contributed by atoms with Gasteiger partial charge in [0, 0.05) is 24.7 Å². The van der Waals surface area contributed by atoms with E-state index in [9.17, 15) is 9.18 Å².